The molecule has 3 rings (SSSR count). The first-order valence-electron chi connectivity index (χ1n) is 6.15. The largest absolute Gasteiger partial charge is 0.335 e. The topological polar surface area (TPSA) is 3.24 Å². The van der Waals surface area contributed by atoms with E-state index >= 15 is 0 Å². The molecule has 0 aromatic heterocycles. The molecule has 2 aromatic carbocycles. The summed E-state index contributed by atoms with van der Waals surface area (Å²) in [6.07, 6.45) is 0. The Morgan fingerprint density at radius 3 is 2.05 bits per heavy atom. The van der Waals surface area contributed by atoms with Gasteiger partial charge in [-0.05, 0) is 29.8 Å². The molecular formula is C16H14ClNS. The molecule has 0 amide bonds. The summed E-state index contributed by atoms with van der Waals surface area (Å²) in [6, 6.07) is 16.9. The monoisotopic (exact) mass is 287 g/mol. The quantitative estimate of drug-likeness (QED) is 0.572. The SMILES string of the molecule is C=C(CCl)CN1c2ccccc2Sc2ccccc21. The lowest BCUT2D eigenvalue weighted by molar-refractivity contribution is 0.996. The maximum Gasteiger partial charge on any atom is 0.0555 e. The fourth-order valence-electron chi connectivity index (χ4n) is 2.22. The molecule has 0 fully saturated rings. The fraction of sp³-hybridized carbons (Fsp3) is 0.125. The molecule has 1 aliphatic heterocycles. The number of para-hydroxylation sites is 2. The summed E-state index contributed by atoms with van der Waals surface area (Å²) in [4.78, 5) is 4.86. The minimum absolute atomic E-state index is 0.494. The van der Waals surface area contributed by atoms with Crippen molar-refractivity contribution in [3.05, 3.63) is 60.7 Å². The Labute approximate surface area is 122 Å². The zero-order valence-electron chi connectivity index (χ0n) is 10.5. The number of hydrogen-bond acceptors (Lipinski definition) is 2. The number of anilines is 2. The van der Waals surface area contributed by atoms with Crippen molar-refractivity contribution in [3.63, 3.8) is 0 Å². The van der Waals surface area contributed by atoms with E-state index in [1.165, 1.54) is 21.2 Å². The van der Waals surface area contributed by atoms with Crippen molar-refractivity contribution in [1.82, 2.24) is 0 Å². The third kappa shape index (κ3) is 2.38. The van der Waals surface area contributed by atoms with Crippen LogP contribution in [-0.2, 0) is 0 Å². The molecule has 0 bridgehead atoms. The van der Waals surface area contributed by atoms with Crippen molar-refractivity contribution in [3.8, 4) is 0 Å². The van der Waals surface area contributed by atoms with Gasteiger partial charge < -0.3 is 4.90 Å². The lowest BCUT2D eigenvalue weighted by Crippen LogP contribution is -2.23. The van der Waals surface area contributed by atoms with Gasteiger partial charge in [-0.1, -0.05) is 42.6 Å². The Bertz CT molecular complexity index is 578. The Balaban J connectivity index is 2.08. The van der Waals surface area contributed by atoms with Gasteiger partial charge in [0.1, 0.15) is 0 Å². The first-order valence-corrected chi connectivity index (χ1v) is 7.51. The van der Waals surface area contributed by atoms with Crippen molar-refractivity contribution in [2.24, 2.45) is 0 Å². The molecular weight excluding hydrogens is 274 g/mol. The molecule has 96 valence electrons. The predicted octanol–water partition coefficient (Wildman–Crippen LogP) is 5.08. The van der Waals surface area contributed by atoms with Gasteiger partial charge in [0.05, 0.1) is 11.4 Å². The summed E-state index contributed by atoms with van der Waals surface area (Å²) >= 11 is 7.71. The molecule has 0 radical (unpaired) electrons. The van der Waals surface area contributed by atoms with Gasteiger partial charge in [-0.15, -0.1) is 11.6 Å². The van der Waals surface area contributed by atoms with Crippen LogP contribution in [0.2, 0.25) is 0 Å². The van der Waals surface area contributed by atoms with Crippen LogP contribution in [0.25, 0.3) is 0 Å². The summed E-state index contributed by atoms with van der Waals surface area (Å²) in [5, 5.41) is 0. The molecule has 0 atom stereocenters. The molecule has 1 aliphatic rings. The molecule has 0 saturated carbocycles. The molecule has 1 nitrogen and oxygen atoms in total. The maximum absolute atomic E-state index is 5.89. The Morgan fingerprint density at radius 1 is 1.00 bits per heavy atom. The van der Waals surface area contributed by atoms with Crippen molar-refractivity contribution in [2.45, 2.75) is 9.79 Å². The Morgan fingerprint density at radius 2 is 1.53 bits per heavy atom. The van der Waals surface area contributed by atoms with E-state index in [0.717, 1.165) is 12.1 Å². The fourth-order valence-corrected chi connectivity index (χ4v) is 3.40. The van der Waals surface area contributed by atoms with E-state index in [1.54, 1.807) is 0 Å². The molecule has 0 spiro atoms. The molecule has 0 N–H and O–H groups in total. The van der Waals surface area contributed by atoms with Crippen LogP contribution in [0, 0.1) is 0 Å². The number of benzene rings is 2. The minimum Gasteiger partial charge on any atom is -0.335 e. The number of nitrogens with zero attached hydrogens (tertiary/aromatic N) is 1. The number of halogens is 1. The molecule has 2 aromatic rings. The van der Waals surface area contributed by atoms with Gasteiger partial charge >= 0.3 is 0 Å². The van der Waals surface area contributed by atoms with Crippen molar-refractivity contribution < 1.29 is 0 Å². The highest BCUT2D eigenvalue weighted by molar-refractivity contribution is 7.99. The van der Waals surface area contributed by atoms with Gasteiger partial charge in [0, 0.05) is 22.2 Å². The minimum atomic E-state index is 0.494. The average molecular weight is 288 g/mol. The van der Waals surface area contributed by atoms with E-state index < -0.39 is 0 Å². The van der Waals surface area contributed by atoms with Crippen LogP contribution in [0.3, 0.4) is 0 Å². The second-order valence-corrected chi connectivity index (χ2v) is 5.86. The predicted molar refractivity (Wildman–Crippen MR) is 83.9 cm³/mol. The lowest BCUT2D eigenvalue weighted by atomic mass is 10.2. The van der Waals surface area contributed by atoms with Crippen LogP contribution >= 0.6 is 23.4 Å². The Hall–Kier alpha value is -1.38. The second-order valence-electron chi connectivity index (χ2n) is 4.51. The van der Waals surface area contributed by atoms with Gasteiger partial charge in [-0.2, -0.15) is 0 Å². The van der Waals surface area contributed by atoms with Gasteiger partial charge in [-0.3, -0.25) is 0 Å². The highest BCUT2D eigenvalue weighted by atomic mass is 35.5. The van der Waals surface area contributed by atoms with Gasteiger partial charge in [0.15, 0.2) is 0 Å². The second kappa shape index (κ2) is 5.32. The molecule has 0 unspecified atom stereocenters. The van der Waals surface area contributed by atoms with E-state index in [9.17, 15) is 0 Å². The van der Waals surface area contributed by atoms with E-state index in [-0.39, 0.29) is 0 Å². The summed E-state index contributed by atoms with van der Waals surface area (Å²) < 4.78 is 0. The number of rotatable bonds is 3. The molecule has 3 heteroatoms. The van der Waals surface area contributed by atoms with E-state index in [2.05, 4.69) is 60.0 Å². The third-order valence-electron chi connectivity index (χ3n) is 3.10. The highest BCUT2D eigenvalue weighted by Gasteiger charge is 2.22. The zero-order valence-corrected chi connectivity index (χ0v) is 12.0. The van der Waals surface area contributed by atoms with Crippen LogP contribution in [0.15, 0.2) is 70.5 Å². The van der Waals surface area contributed by atoms with Crippen LogP contribution < -0.4 is 4.90 Å². The van der Waals surface area contributed by atoms with E-state index in [4.69, 9.17) is 11.6 Å². The van der Waals surface area contributed by atoms with Crippen molar-refractivity contribution in [1.29, 1.82) is 0 Å². The Kier molecular flexibility index (Phi) is 3.54. The van der Waals surface area contributed by atoms with Crippen LogP contribution in [0.1, 0.15) is 0 Å². The number of hydrogen-bond donors (Lipinski definition) is 0. The van der Waals surface area contributed by atoms with Gasteiger partial charge in [-0.25, -0.2) is 0 Å². The lowest BCUT2D eigenvalue weighted by Gasteiger charge is -2.33. The van der Waals surface area contributed by atoms with E-state index in [0.29, 0.717) is 5.88 Å². The maximum atomic E-state index is 5.89. The van der Waals surface area contributed by atoms with Gasteiger partial charge in [0.2, 0.25) is 0 Å². The summed E-state index contributed by atoms with van der Waals surface area (Å²) in [6.45, 7) is 4.79. The van der Waals surface area contributed by atoms with E-state index in [1.807, 2.05) is 11.8 Å². The molecule has 1 heterocycles. The zero-order chi connectivity index (χ0) is 13.2. The van der Waals surface area contributed by atoms with Crippen LogP contribution in [0.5, 0.6) is 0 Å². The summed E-state index contributed by atoms with van der Waals surface area (Å²) in [5.41, 5.74) is 3.49. The number of alkyl halides is 1. The van der Waals surface area contributed by atoms with Crippen molar-refractivity contribution in [2.75, 3.05) is 17.3 Å². The molecule has 0 aliphatic carbocycles. The summed E-state index contributed by atoms with van der Waals surface area (Å²) in [5.74, 6) is 0.494. The standard InChI is InChI=1S/C16H14ClNS/c1-12(10-17)11-18-13-6-2-4-8-15(13)19-16-9-5-3-7-14(16)18/h2-9H,1,10-11H2. The van der Waals surface area contributed by atoms with Crippen molar-refractivity contribution >= 4 is 34.7 Å². The van der Waals surface area contributed by atoms with Crippen LogP contribution in [-0.4, -0.2) is 12.4 Å². The molecule has 0 saturated heterocycles. The van der Waals surface area contributed by atoms with Gasteiger partial charge in [0.25, 0.3) is 0 Å². The summed E-state index contributed by atoms with van der Waals surface area (Å²) in [7, 11) is 0. The normalized spacial score (nSPS) is 12.8. The molecule has 19 heavy (non-hydrogen) atoms. The first kappa shape index (κ1) is 12.6. The average Bonchev–Trinajstić information content (AvgIpc) is 2.46. The smallest absolute Gasteiger partial charge is 0.0555 e. The number of fused-ring (bicyclic) bond motifs is 2. The highest BCUT2D eigenvalue weighted by Crippen LogP contribution is 2.47. The van der Waals surface area contributed by atoms with Crippen LogP contribution in [0.4, 0.5) is 11.4 Å². The first-order chi connectivity index (χ1) is 9.29. The third-order valence-corrected chi connectivity index (χ3v) is 4.61.